The second-order valence-electron chi connectivity index (χ2n) is 5.59. The third kappa shape index (κ3) is 3.09. The van der Waals surface area contributed by atoms with Gasteiger partial charge in [0, 0.05) is 0 Å². The van der Waals surface area contributed by atoms with E-state index in [1.165, 1.54) is 0 Å². The van der Waals surface area contributed by atoms with Crippen LogP contribution in [0.3, 0.4) is 0 Å². The molecule has 1 aromatic rings. The van der Waals surface area contributed by atoms with Crippen molar-refractivity contribution < 1.29 is 5.11 Å². The molecule has 0 radical (unpaired) electrons. The van der Waals surface area contributed by atoms with Gasteiger partial charge in [-0.25, -0.2) is 4.98 Å². The molecular weight excluding hydrogens is 264 g/mol. The molecule has 0 aliphatic heterocycles. The molecule has 0 spiro atoms. The van der Waals surface area contributed by atoms with E-state index in [9.17, 15) is 5.11 Å². The van der Waals surface area contributed by atoms with E-state index < -0.39 is 0 Å². The standard InChI is InChI=1S/C13H21ClN4O/c1-8-3-5-13(7-19,6-4-8)18-11-10(15)9(2)16-12(14)17-11/h8,19H,3-7,15H2,1-2H3,(H,16,17,18). The zero-order valence-electron chi connectivity index (χ0n) is 11.4. The Labute approximate surface area is 118 Å². The molecule has 0 aromatic carbocycles. The van der Waals surface area contributed by atoms with E-state index in [2.05, 4.69) is 22.2 Å². The fourth-order valence-electron chi connectivity index (χ4n) is 2.53. The van der Waals surface area contributed by atoms with Gasteiger partial charge in [0.2, 0.25) is 5.28 Å². The van der Waals surface area contributed by atoms with Crippen molar-refractivity contribution in [2.45, 2.75) is 45.1 Å². The van der Waals surface area contributed by atoms with Crippen molar-refractivity contribution in [2.24, 2.45) is 5.92 Å². The van der Waals surface area contributed by atoms with Gasteiger partial charge < -0.3 is 16.2 Å². The molecule has 4 N–H and O–H groups in total. The Balaban J connectivity index is 2.23. The Morgan fingerprint density at radius 3 is 2.63 bits per heavy atom. The highest BCUT2D eigenvalue weighted by molar-refractivity contribution is 6.28. The zero-order valence-corrected chi connectivity index (χ0v) is 12.2. The summed E-state index contributed by atoms with van der Waals surface area (Å²) in [6, 6.07) is 0. The van der Waals surface area contributed by atoms with Gasteiger partial charge in [0.1, 0.15) is 0 Å². The van der Waals surface area contributed by atoms with Crippen molar-refractivity contribution >= 4 is 23.1 Å². The number of nitrogens with zero attached hydrogens (tertiary/aromatic N) is 2. The first-order chi connectivity index (χ1) is 8.96. The number of nitrogen functional groups attached to an aromatic ring is 1. The molecule has 0 atom stereocenters. The third-order valence-electron chi connectivity index (χ3n) is 4.03. The van der Waals surface area contributed by atoms with E-state index in [0.717, 1.165) is 25.7 Å². The summed E-state index contributed by atoms with van der Waals surface area (Å²) >= 11 is 5.87. The summed E-state index contributed by atoms with van der Waals surface area (Å²) in [7, 11) is 0. The van der Waals surface area contributed by atoms with Crippen LogP contribution in [-0.4, -0.2) is 27.2 Å². The van der Waals surface area contributed by atoms with E-state index in [0.29, 0.717) is 23.1 Å². The van der Waals surface area contributed by atoms with Crippen LogP contribution in [0.1, 0.15) is 38.3 Å². The topological polar surface area (TPSA) is 84.1 Å². The number of rotatable bonds is 3. The van der Waals surface area contributed by atoms with Gasteiger partial charge in [0.25, 0.3) is 0 Å². The lowest BCUT2D eigenvalue weighted by Gasteiger charge is -2.39. The van der Waals surface area contributed by atoms with Crippen LogP contribution >= 0.6 is 11.6 Å². The van der Waals surface area contributed by atoms with Crippen LogP contribution in [0, 0.1) is 12.8 Å². The summed E-state index contributed by atoms with van der Waals surface area (Å²) in [6.45, 7) is 4.10. The summed E-state index contributed by atoms with van der Waals surface area (Å²) < 4.78 is 0. The summed E-state index contributed by atoms with van der Waals surface area (Å²) in [5.41, 5.74) is 6.79. The number of aliphatic hydroxyl groups excluding tert-OH is 1. The van der Waals surface area contributed by atoms with E-state index in [1.807, 2.05) is 0 Å². The zero-order chi connectivity index (χ0) is 14.0. The van der Waals surface area contributed by atoms with E-state index in [-0.39, 0.29) is 17.4 Å². The fourth-order valence-corrected chi connectivity index (χ4v) is 2.74. The van der Waals surface area contributed by atoms with Gasteiger partial charge in [-0.1, -0.05) is 6.92 Å². The summed E-state index contributed by atoms with van der Waals surface area (Å²) in [5, 5.41) is 13.2. The number of anilines is 2. The highest BCUT2D eigenvalue weighted by atomic mass is 35.5. The van der Waals surface area contributed by atoms with Crippen molar-refractivity contribution in [2.75, 3.05) is 17.7 Å². The summed E-state index contributed by atoms with van der Waals surface area (Å²) in [6.07, 6.45) is 3.99. The first-order valence-electron chi connectivity index (χ1n) is 6.64. The third-order valence-corrected chi connectivity index (χ3v) is 4.20. The average molecular weight is 285 g/mol. The minimum atomic E-state index is -0.343. The number of nitrogens with two attached hydrogens (primary N) is 1. The molecule has 1 aromatic heterocycles. The molecule has 0 unspecified atom stereocenters. The molecule has 0 saturated heterocycles. The molecule has 1 saturated carbocycles. The van der Waals surface area contributed by atoms with Crippen LogP contribution in [0.4, 0.5) is 11.5 Å². The van der Waals surface area contributed by atoms with Crippen molar-refractivity contribution in [3.8, 4) is 0 Å². The molecule has 0 bridgehead atoms. The molecule has 1 heterocycles. The maximum atomic E-state index is 9.74. The number of hydrogen-bond donors (Lipinski definition) is 3. The van der Waals surface area contributed by atoms with E-state index in [4.69, 9.17) is 17.3 Å². The molecule has 5 nitrogen and oxygen atoms in total. The van der Waals surface area contributed by atoms with Crippen LogP contribution < -0.4 is 11.1 Å². The van der Waals surface area contributed by atoms with Crippen LogP contribution in [0.2, 0.25) is 5.28 Å². The van der Waals surface area contributed by atoms with Crippen molar-refractivity contribution in [3.05, 3.63) is 11.0 Å². The monoisotopic (exact) mass is 284 g/mol. The van der Waals surface area contributed by atoms with Crippen molar-refractivity contribution in [3.63, 3.8) is 0 Å². The molecule has 1 fully saturated rings. The first-order valence-corrected chi connectivity index (χ1v) is 7.02. The van der Waals surface area contributed by atoms with Crippen LogP contribution in [0.25, 0.3) is 0 Å². The Morgan fingerprint density at radius 1 is 1.42 bits per heavy atom. The van der Waals surface area contributed by atoms with Gasteiger partial charge in [0.05, 0.1) is 23.5 Å². The van der Waals surface area contributed by atoms with Gasteiger partial charge in [-0.2, -0.15) is 4.98 Å². The Morgan fingerprint density at radius 2 is 2.05 bits per heavy atom. The van der Waals surface area contributed by atoms with Gasteiger partial charge in [-0.05, 0) is 50.1 Å². The lowest BCUT2D eigenvalue weighted by Crippen LogP contribution is -2.45. The Hall–Kier alpha value is -1.07. The Kier molecular flexibility index (Phi) is 4.16. The van der Waals surface area contributed by atoms with E-state index in [1.54, 1.807) is 6.92 Å². The maximum Gasteiger partial charge on any atom is 0.224 e. The van der Waals surface area contributed by atoms with Crippen molar-refractivity contribution in [1.82, 2.24) is 9.97 Å². The normalized spacial score (nSPS) is 27.3. The SMILES string of the molecule is Cc1nc(Cl)nc(NC2(CO)CCC(C)CC2)c1N. The molecule has 6 heteroatoms. The van der Waals surface area contributed by atoms with Gasteiger partial charge in [0.15, 0.2) is 5.82 Å². The molecule has 1 aliphatic rings. The predicted octanol–water partition coefficient (Wildman–Crippen LogP) is 2.37. The number of aryl methyl sites for hydroxylation is 1. The van der Waals surface area contributed by atoms with Crippen LogP contribution in [-0.2, 0) is 0 Å². The fraction of sp³-hybridized carbons (Fsp3) is 0.692. The lowest BCUT2D eigenvalue weighted by molar-refractivity contribution is 0.155. The maximum absolute atomic E-state index is 9.74. The summed E-state index contributed by atoms with van der Waals surface area (Å²) in [5.74, 6) is 1.23. The Bertz CT molecular complexity index is 458. The number of hydrogen-bond acceptors (Lipinski definition) is 5. The largest absolute Gasteiger partial charge is 0.394 e. The summed E-state index contributed by atoms with van der Waals surface area (Å²) in [4.78, 5) is 8.16. The average Bonchev–Trinajstić information content (AvgIpc) is 2.38. The number of nitrogens with one attached hydrogen (secondary N) is 1. The van der Waals surface area contributed by atoms with Gasteiger partial charge in [-0.15, -0.1) is 0 Å². The molecule has 19 heavy (non-hydrogen) atoms. The van der Waals surface area contributed by atoms with Gasteiger partial charge in [-0.3, -0.25) is 0 Å². The minimum Gasteiger partial charge on any atom is -0.394 e. The van der Waals surface area contributed by atoms with Crippen molar-refractivity contribution in [1.29, 1.82) is 0 Å². The number of aliphatic hydroxyl groups is 1. The van der Waals surface area contributed by atoms with Crippen LogP contribution in [0.15, 0.2) is 0 Å². The molecule has 106 valence electrons. The van der Waals surface area contributed by atoms with Crippen LogP contribution in [0.5, 0.6) is 0 Å². The van der Waals surface area contributed by atoms with E-state index >= 15 is 0 Å². The lowest BCUT2D eigenvalue weighted by atomic mass is 9.77. The highest BCUT2D eigenvalue weighted by Crippen LogP contribution is 2.35. The molecule has 0 amide bonds. The van der Waals surface area contributed by atoms with Gasteiger partial charge >= 0.3 is 0 Å². The molecular formula is C13H21ClN4O. The second kappa shape index (κ2) is 5.51. The first kappa shape index (κ1) is 14.3. The minimum absolute atomic E-state index is 0.0693. The highest BCUT2D eigenvalue weighted by Gasteiger charge is 2.34. The number of halogens is 1. The molecule has 2 rings (SSSR count). The number of aromatic nitrogens is 2. The molecule has 1 aliphatic carbocycles. The second-order valence-corrected chi connectivity index (χ2v) is 5.92. The quantitative estimate of drug-likeness (QED) is 0.742. The predicted molar refractivity (Wildman–Crippen MR) is 77.3 cm³/mol. The smallest absolute Gasteiger partial charge is 0.224 e.